The van der Waals surface area contributed by atoms with E-state index in [9.17, 15) is 0 Å². The van der Waals surface area contributed by atoms with E-state index in [1.165, 1.54) is 173 Å². The fraction of sp³-hybridized carbons (Fsp3) is 0.150. The van der Waals surface area contributed by atoms with Crippen LogP contribution >= 0.6 is 0 Å². The molecule has 0 N–H and O–H groups in total. The molecule has 5 heteroatoms. The molecule has 0 saturated carbocycles. The number of para-hydroxylation sites is 2. The Balaban J connectivity index is 0.000000159. The number of anilines is 6. The predicted octanol–water partition coefficient (Wildman–Crippen LogP) is 34.7. The summed E-state index contributed by atoms with van der Waals surface area (Å²) in [5.74, 6) is 1.20. The van der Waals surface area contributed by atoms with Crippen molar-refractivity contribution >= 4 is 77.7 Å². The number of fused-ring (bicyclic) bond motifs is 12. The van der Waals surface area contributed by atoms with E-state index in [2.05, 4.69) is 499 Å². The van der Waals surface area contributed by atoms with Crippen LogP contribution in [0.5, 0.6) is 0 Å². The third-order valence-corrected chi connectivity index (χ3v) is 28.6. The maximum Gasteiger partial charge on any atom is 0.0721 e. The summed E-state index contributed by atoms with van der Waals surface area (Å²) in [5.41, 5.74) is 42.2. The van der Waals surface area contributed by atoms with Gasteiger partial charge in [0.2, 0.25) is 0 Å². The highest BCUT2D eigenvalue weighted by Crippen LogP contribution is 2.54. The quantitative estimate of drug-likeness (QED) is 0.0603. The van der Waals surface area contributed by atoms with Crippen LogP contribution in [0.2, 0.25) is 0 Å². The fourth-order valence-electron chi connectivity index (χ4n) is 20.7. The first kappa shape index (κ1) is 84.0. The molecule has 2 aromatic heterocycles. The lowest BCUT2D eigenvalue weighted by Gasteiger charge is -2.28. The zero-order valence-electron chi connectivity index (χ0n) is 76.7. The summed E-state index contributed by atoms with van der Waals surface area (Å²) in [6.07, 6.45) is 5.64. The van der Waals surface area contributed by atoms with Gasteiger partial charge in [-0.3, -0.25) is 0 Å². The molecule has 644 valence electrons. The molecule has 20 aromatic rings. The summed E-state index contributed by atoms with van der Waals surface area (Å²) in [6, 6.07) is 157. The summed E-state index contributed by atoms with van der Waals surface area (Å²) < 4.78 is 11.0. The van der Waals surface area contributed by atoms with E-state index in [1.807, 2.05) is 0 Å². The van der Waals surface area contributed by atoms with Gasteiger partial charge < -0.3 is 23.7 Å². The summed E-state index contributed by atoms with van der Waals surface area (Å²) in [4.78, 5) is 4.81. The van der Waals surface area contributed by atoms with Crippen molar-refractivity contribution in [2.75, 3.05) is 9.80 Å². The van der Waals surface area contributed by atoms with Gasteiger partial charge in [0.15, 0.2) is 0 Å². The second-order valence-corrected chi connectivity index (χ2v) is 37.3. The minimum Gasteiger partial charge on any atom is -0.372 e. The molecular formula is C127H110N4O. The molecule has 2 aliphatic rings. The monoisotopic (exact) mass is 1710 g/mol. The molecule has 132 heavy (non-hydrogen) atoms. The topological polar surface area (TPSA) is 25.6 Å². The Hall–Kier alpha value is -14.9. The highest BCUT2D eigenvalue weighted by molar-refractivity contribution is 6.12. The van der Waals surface area contributed by atoms with Gasteiger partial charge in [-0.2, -0.15) is 0 Å². The minimum absolute atomic E-state index is 0.0967. The van der Waals surface area contributed by atoms with Crippen LogP contribution in [0.4, 0.5) is 34.1 Å². The normalized spacial score (nSPS) is 13.2. The molecule has 0 aliphatic heterocycles. The van der Waals surface area contributed by atoms with Gasteiger partial charge in [-0.1, -0.05) is 347 Å². The molecule has 0 radical (unpaired) electrons. The number of aromatic nitrogens is 2. The SMILES string of the molecule is CCC(C)c1ccc(CCCc2ccc(-n3c4ccccc4c4cc(-c5ccc(N(c6ccc(-c7ccccc7)cc6)c6ccc7c(c6)C(C)(C)c6ccccc6-7)cc5)ccc43)cc2)cc1.CCC(C)c1ccc(COCc2ccc(-n3c4ccccc4c4cc(-c5ccc(N(c6ccc(-c7ccccc7)cc6)c6ccc7c(c6)C(C)(C)c6ccccc6-7)cc5)ccc43)cc2)cc1. The van der Waals surface area contributed by atoms with E-state index in [0.717, 1.165) is 71.1 Å². The van der Waals surface area contributed by atoms with Crippen molar-refractivity contribution in [1.82, 2.24) is 9.13 Å². The molecule has 2 aliphatic carbocycles. The van der Waals surface area contributed by atoms with Crippen molar-refractivity contribution in [3.05, 3.63) is 480 Å². The van der Waals surface area contributed by atoms with Gasteiger partial charge in [0.1, 0.15) is 0 Å². The first-order valence-electron chi connectivity index (χ1n) is 47.3. The van der Waals surface area contributed by atoms with Gasteiger partial charge in [0.05, 0.1) is 35.3 Å². The Kier molecular flexibility index (Phi) is 22.8. The lowest BCUT2D eigenvalue weighted by atomic mass is 9.82. The summed E-state index contributed by atoms with van der Waals surface area (Å²) in [7, 11) is 0. The number of benzene rings is 18. The van der Waals surface area contributed by atoms with Crippen LogP contribution in [0.3, 0.4) is 0 Å². The lowest BCUT2D eigenvalue weighted by Crippen LogP contribution is -2.16. The van der Waals surface area contributed by atoms with Crippen LogP contribution in [0.15, 0.2) is 425 Å². The van der Waals surface area contributed by atoms with Crippen LogP contribution in [0.1, 0.15) is 142 Å². The molecule has 0 amide bonds. The van der Waals surface area contributed by atoms with E-state index >= 15 is 0 Å². The maximum absolute atomic E-state index is 6.17. The Morgan fingerprint density at radius 3 is 0.932 bits per heavy atom. The van der Waals surface area contributed by atoms with E-state index in [1.54, 1.807) is 0 Å². The van der Waals surface area contributed by atoms with Crippen LogP contribution in [-0.2, 0) is 41.6 Å². The summed E-state index contributed by atoms with van der Waals surface area (Å²) in [6.45, 7) is 19.7. The first-order chi connectivity index (χ1) is 64.7. The van der Waals surface area contributed by atoms with Crippen molar-refractivity contribution in [3.63, 3.8) is 0 Å². The second-order valence-electron chi connectivity index (χ2n) is 37.3. The molecule has 0 saturated heterocycles. The van der Waals surface area contributed by atoms with E-state index < -0.39 is 0 Å². The number of ether oxygens (including phenoxy) is 1. The van der Waals surface area contributed by atoms with Crippen molar-refractivity contribution in [1.29, 1.82) is 0 Å². The molecule has 2 heterocycles. The first-order valence-corrected chi connectivity index (χ1v) is 47.3. The molecule has 18 aromatic carbocycles. The number of rotatable bonds is 24. The van der Waals surface area contributed by atoms with Crippen molar-refractivity contribution < 1.29 is 4.74 Å². The second kappa shape index (κ2) is 35.9. The van der Waals surface area contributed by atoms with Crippen LogP contribution in [-0.4, -0.2) is 9.13 Å². The van der Waals surface area contributed by atoms with Gasteiger partial charge in [0.25, 0.3) is 0 Å². The molecule has 0 spiro atoms. The van der Waals surface area contributed by atoms with Crippen LogP contribution in [0, 0.1) is 0 Å². The van der Waals surface area contributed by atoms with E-state index in [4.69, 9.17) is 4.74 Å². The number of hydrogen-bond donors (Lipinski definition) is 0. The van der Waals surface area contributed by atoms with Crippen molar-refractivity contribution in [2.24, 2.45) is 0 Å². The average molecular weight is 1710 g/mol. The third-order valence-electron chi connectivity index (χ3n) is 28.6. The smallest absolute Gasteiger partial charge is 0.0721 e. The molecule has 2 unspecified atom stereocenters. The van der Waals surface area contributed by atoms with E-state index in [0.29, 0.717) is 25.0 Å². The van der Waals surface area contributed by atoms with Gasteiger partial charge in [0, 0.05) is 77.9 Å². The number of aryl methyl sites for hydroxylation is 2. The summed E-state index contributed by atoms with van der Waals surface area (Å²) in [5, 5.41) is 5.00. The molecule has 0 bridgehead atoms. The third kappa shape index (κ3) is 16.1. The molecule has 0 fully saturated rings. The Morgan fingerprint density at radius 2 is 0.545 bits per heavy atom. The van der Waals surface area contributed by atoms with Gasteiger partial charge >= 0.3 is 0 Å². The Labute approximate surface area is 777 Å². The minimum atomic E-state index is -0.102. The fourth-order valence-corrected chi connectivity index (χ4v) is 20.7. The Morgan fingerprint density at radius 1 is 0.250 bits per heavy atom. The summed E-state index contributed by atoms with van der Waals surface area (Å²) >= 11 is 0. The van der Waals surface area contributed by atoms with E-state index in [-0.39, 0.29) is 10.8 Å². The molecule has 2 atom stereocenters. The highest BCUT2D eigenvalue weighted by atomic mass is 16.5. The van der Waals surface area contributed by atoms with Gasteiger partial charge in [-0.15, -0.1) is 0 Å². The van der Waals surface area contributed by atoms with Gasteiger partial charge in [-0.05, 0) is 300 Å². The zero-order valence-corrected chi connectivity index (χ0v) is 76.7. The lowest BCUT2D eigenvalue weighted by molar-refractivity contribution is 0.107. The Bertz CT molecular complexity index is 7100. The largest absolute Gasteiger partial charge is 0.372 e. The molecule has 5 nitrogen and oxygen atoms in total. The maximum atomic E-state index is 6.17. The van der Waals surface area contributed by atoms with Crippen LogP contribution < -0.4 is 9.80 Å². The standard InChI is InChI=1S/C64H56N2.C63H54N2O/c1-5-44(2)47-26-22-45(23-27-47)14-13-15-46-24-33-54(34-25-46)66-62-21-12-10-19-58(62)59-42-51(32-41-63(59)66)50-30-37-53(38-31-50)65(52-35-28-49(29-36-52)48-16-7-6-8-17-48)55-39-40-57-56-18-9-11-20-60(56)64(3,4)61(57)43-55;1-5-43(2)46-23-19-44(20-24-46)41-66-42-45-21-30-53(31-22-45)65-61-18-12-10-16-57(61)58-39-50(29-38-62(58)65)49-27-34-52(35-28-49)64(51-32-25-48(26-33-51)47-13-7-6-8-14-47)54-36-37-56-55-15-9-11-17-59(55)63(3,4)60(56)40-54/h6-12,16-44H,5,13-15H2,1-4H3;6-40,43H,5,41-42H2,1-4H3. The number of nitrogens with zero attached hydrogens (tertiary/aromatic N) is 4. The molecular weight excluding hydrogens is 1600 g/mol. The van der Waals surface area contributed by atoms with Crippen molar-refractivity contribution in [2.45, 2.75) is 123 Å². The van der Waals surface area contributed by atoms with Crippen molar-refractivity contribution in [3.8, 4) is 78.1 Å². The van der Waals surface area contributed by atoms with Crippen LogP contribution in [0.25, 0.3) is 122 Å². The highest BCUT2D eigenvalue weighted by Gasteiger charge is 2.38. The predicted molar refractivity (Wildman–Crippen MR) is 559 cm³/mol. The molecule has 22 rings (SSSR count). The zero-order chi connectivity index (χ0) is 89.6. The van der Waals surface area contributed by atoms with Gasteiger partial charge in [-0.25, -0.2) is 0 Å². The average Bonchev–Trinajstić information content (AvgIpc) is 1.59. The number of hydrogen-bond acceptors (Lipinski definition) is 3.